The highest BCUT2D eigenvalue weighted by atomic mass is 32.2. The minimum absolute atomic E-state index is 0.109. The van der Waals surface area contributed by atoms with Crippen LogP contribution in [0.3, 0.4) is 0 Å². The van der Waals surface area contributed by atoms with Crippen LogP contribution in [0.4, 0.5) is 4.79 Å². The molecule has 0 unspecified atom stereocenters. The average molecular weight is 351 g/mol. The molecule has 0 spiro atoms. The van der Waals surface area contributed by atoms with Crippen molar-refractivity contribution in [1.82, 2.24) is 4.90 Å². The molecule has 1 aromatic rings. The third-order valence-corrected chi connectivity index (χ3v) is 4.31. The van der Waals surface area contributed by atoms with Gasteiger partial charge in [-0.3, -0.25) is 19.3 Å². The number of hydrogen-bond donors (Lipinski definition) is 0. The molecule has 8 nitrogen and oxygen atoms in total. The molecule has 1 saturated heterocycles. The van der Waals surface area contributed by atoms with Crippen LogP contribution in [0.2, 0.25) is 0 Å². The Morgan fingerprint density at radius 2 is 2.00 bits per heavy atom. The first kappa shape index (κ1) is 16.2. The zero-order chi connectivity index (χ0) is 17.3. The molecule has 0 radical (unpaired) electrons. The normalized spacial score (nSPS) is 17.6. The summed E-state index contributed by atoms with van der Waals surface area (Å²) in [5, 5.41) is -0.531. The molecule has 0 atom stereocenters. The number of thioether (sulfide) groups is 1. The number of amides is 2. The summed E-state index contributed by atoms with van der Waals surface area (Å²) in [6.07, 6.45) is 1.52. The largest absolute Gasteiger partial charge is 0.496 e. The predicted octanol–water partition coefficient (Wildman–Crippen LogP) is 1.63. The molecular weight excluding hydrogens is 338 g/mol. The Bertz CT molecular complexity index is 758. The molecule has 0 aliphatic carbocycles. The summed E-state index contributed by atoms with van der Waals surface area (Å²) >= 11 is 0.745. The van der Waals surface area contributed by atoms with Gasteiger partial charge in [0.15, 0.2) is 11.5 Å². The fraction of sp³-hybridized carbons (Fsp3) is 0.267. The van der Waals surface area contributed by atoms with Crippen LogP contribution in [0.5, 0.6) is 17.2 Å². The van der Waals surface area contributed by atoms with E-state index in [0.29, 0.717) is 22.8 Å². The first-order valence-corrected chi connectivity index (χ1v) is 7.65. The molecule has 24 heavy (non-hydrogen) atoms. The van der Waals surface area contributed by atoms with Crippen molar-refractivity contribution >= 4 is 35.0 Å². The van der Waals surface area contributed by atoms with Gasteiger partial charge in [-0.1, -0.05) is 0 Å². The number of carbonyl (C=O) groups is 3. The quantitative estimate of drug-likeness (QED) is 0.597. The molecule has 2 aliphatic heterocycles. The Kier molecular flexibility index (Phi) is 4.34. The van der Waals surface area contributed by atoms with E-state index < -0.39 is 23.7 Å². The summed E-state index contributed by atoms with van der Waals surface area (Å²) in [6.45, 7) is -0.311. The zero-order valence-corrected chi connectivity index (χ0v) is 13.7. The number of esters is 1. The molecular formula is C15H13NO7S. The summed E-state index contributed by atoms with van der Waals surface area (Å²) in [4.78, 5) is 36.6. The lowest BCUT2D eigenvalue weighted by Crippen LogP contribution is -2.34. The van der Waals surface area contributed by atoms with E-state index in [-0.39, 0.29) is 11.7 Å². The number of imide groups is 1. The summed E-state index contributed by atoms with van der Waals surface area (Å²) < 4.78 is 20.3. The predicted molar refractivity (Wildman–Crippen MR) is 83.8 cm³/mol. The maximum Gasteiger partial charge on any atom is 0.325 e. The van der Waals surface area contributed by atoms with Crippen molar-refractivity contribution < 1.29 is 33.3 Å². The lowest BCUT2D eigenvalue weighted by Gasteiger charge is -2.10. The second kappa shape index (κ2) is 6.44. The monoisotopic (exact) mass is 351 g/mol. The van der Waals surface area contributed by atoms with Crippen molar-refractivity contribution in [2.75, 3.05) is 27.6 Å². The van der Waals surface area contributed by atoms with Crippen LogP contribution in [0.1, 0.15) is 5.56 Å². The van der Waals surface area contributed by atoms with E-state index in [4.69, 9.17) is 14.2 Å². The number of ether oxygens (including phenoxy) is 4. The highest BCUT2D eigenvalue weighted by Crippen LogP contribution is 2.40. The van der Waals surface area contributed by atoms with Gasteiger partial charge in [0.25, 0.3) is 11.1 Å². The van der Waals surface area contributed by atoms with Crippen LogP contribution in [0.25, 0.3) is 6.08 Å². The number of benzene rings is 1. The van der Waals surface area contributed by atoms with Crippen molar-refractivity contribution in [1.29, 1.82) is 0 Å². The fourth-order valence-corrected chi connectivity index (χ4v) is 3.03. The van der Waals surface area contributed by atoms with Crippen LogP contribution >= 0.6 is 11.8 Å². The van der Waals surface area contributed by atoms with E-state index >= 15 is 0 Å². The Morgan fingerprint density at radius 3 is 2.67 bits per heavy atom. The summed E-state index contributed by atoms with van der Waals surface area (Å²) in [6, 6.07) is 3.31. The van der Waals surface area contributed by atoms with Crippen LogP contribution < -0.4 is 14.2 Å². The van der Waals surface area contributed by atoms with Gasteiger partial charge in [0.2, 0.25) is 6.79 Å². The van der Waals surface area contributed by atoms with Gasteiger partial charge in [0, 0.05) is 11.6 Å². The number of rotatable bonds is 4. The van der Waals surface area contributed by atoms with E-state index in [2.05, 4.69) is 4.74 Å². The Balaban J connectivity index is 1.91. The van der Waals surface area contributed by atoms with Gasteiger partial charge >= 0.3 is 5.97 Å². The summed E-state index contributed by atoms with van der Waals surface area (Å²) in [5.74, 6) is 0.312. The van der Waals surface area contributed by atoms with Gasteiger partial charge in [-0.2, -0.15) is 0 Å². The van der Waals surface area contributed by atoms with Crippen molar-refractivity contribution in [3.05, 3.63) is 22.6 Å². The lowest BCUT2D eigenvalue weighted by molar-refractivity contribution is -0.143. The van der Waals surface area contributed by atoms with Crippen LogP contribution in [0.15, 0.2) is 17.0 Å². The summed E-state index contributed by atoms with van der Waals surface area (Å²) in [5.41, 5.74) is 0.560. The SMILES string of the molecule is COC(=O)CN1C(=O)SC(=Cc2cc3c(cc2OC)OCO3)C1=O. The number of methoxy groups -OCH3 is 2. The van der Waals surface area contributed by atoms with Crippen molar-refractivity contribution in [3.8, 4) is 17.2 Å². The molecule has 126 valence electrons. The topological polar surface area (TPSA) is 91.4 Å². The molecule has 2 amide bonds. The van der Waals surface area contributed by atoms with Gasteiger partial charge in [-0.15, -0.1) is 0 Å². The maximum atomic E-state index is 12.3. The van der Waals surface area contributed by atoms with E-state index in [1.54, 1.807) is 12.1 Å². The van der Waals surface area contributed by atoms with Crippen molar-refractivity contribution in [3.63, 3.8) is 0 Å². The molecule has 3 rings (SSSR count). The van der Waals surface area contributed by atoms with E-state index in [1.165, 1.54) is 20.3 Å². The highest BCUT2D eigenvalue weighted by Gasteiger charge is 2.36. The second-order valence-corrected chi connectivity index (χ2v) is 5.78. The Morgan fingerprint density at radius 1 is 1.29 bits per heavy atom. The average Bonchev–Trinajstić information content (AvgIpc) is 3.13. The third-order valence-electron chi connectivity index (χ3n) is 3.40. The molecule has 9 heteroatoms. The van der Waals surface area contributed by atoms with Gasteiger partial charge in [-0.05, 0) is 23.9 Å². The fourth-order valence-electron chi connectivity index (χ4n) is 2.20. The van der Waals surface area contributed by atoms with Gasteiger partial charge in [-0.25, -0.2) is 0 Å². The zero-order valence-electron chi connectivity index (χ0n) is 12.9. The lowest BCUT2D eigenvalue weighted by atomic mass is 10.1. The standard InChI is InChI=1S/C15H13NO7S/c1-20-9-5-11-10(22-7-23-11)3-8(9)4-12-14(18)16(15(19)24-12)6-13(17)21-2/h3-5H,6-7H2,1-2H3. The Labute approximate surface area is 141 Å². The second-order valence-electron chi connectivity index (χ2n) is 4.79. The third kappa shape index (κ3) is 2.90. The molecule has 2 heterocycles. The van der Waals surface area contributed by atoms with Crippen LogP contribution in [-0.2, 0) is 14.3 Å². The number of fused-ring (bicyclic) bond motifs is 1. The Hall–Kier alpha value is -2.68. The molecule has 2 aliphatic rings. The number of hydrogen-bond acceptors (Lipinski definition) is 8. The minimum Gasteiger partial charge on any atom is -0.496 e. The maximum absolute atomic E-state index is 12.3. The first-order chi connectivity index (χ1) is 11.5. The molecule has 1 fully saturated rings. The first-order valence-electron chi connectivity index (χ1n) is 6.83. The van der Waals surface area contributed by atoms with E-state index in [9.17, 15) is 14.4 Å². The number of nitrogens with zero attached hydrogens (tertiary/aromatic N) is 1. The van der Waals surface area contributed by atoms with Crippen LogP contribution in [-0.4, -0.2) is 49.6 Å². The molecule has 0 bridgehead atoms. The smallest absolute Gasteiger partial charge is 0.325 e. The highest BCUT2D eigenvalue weighted by molar-refractivity contribution is 8.18. The molecule has 0 N–H and O–H groups in total. The van der Waals surface area contributed by atoms with Gasteiger partial charge in [0.05, 0.1) is 19.1 Å². The van der Waals surface area contributed by atoms with E-state index in [0.717, 1.165) is 16.7 Å². The van der Waals surface area contributed by atoms with Crippen LogP contribution in [0, 0.1) is 0 Å². The molecule has 0 saturated carbocycles. The van der Waals surface area contributed by atoms with Gasteiger partial charge < -0.3 is 18.9 Å². The number of carbonyl (C=O) groups excluding carboxylic acids is 3. The van der Waals surface area contributed by atoms with E-state index in [1.807, 2.05) is 0 Å². The minimum atomic E-state index is -0.667. The molecule has 1 aromatic carbocycles. The summed E-state index contributed by atoms with van der Waals surface area (Å²) in [7, 11) is 2.67. The molecule has 0 aromatic heterocycles. The van der Waals surface area contributed by atoms with Gasteiger partial charge in [0.1, 0.15) is 12.3 Å². The van der Waals surface area contributed by atoms with Crippen molar-refractivity contribution in [2.45, 2.75) is 0 Å². The van der Waals surface area contributed by atoms with Crippen molar-refractivity contribution in [2.24, 2.45) is 0 Å².